The van der Waals surface area contributed by atoms with Gasteiger partial charge >= 0.3 is 0 Å². The van der Waals surface area contributed by atoms with Crippen LogP contribution in [0.25, 0.3) is 17.3 Å². The fourth-order valence-electron chi connectivity index (χ4n) is 2.62. The molecule has 0 fully saturated rings. The molecular formula is C21H17BrN4O. The summed E-state index contributed by atoms with van der Waals surface area (Å²) in [5, 5.41) is 19.2. The average molecular weight is 421 g/mol. The van der Waals surface area contributed by atoms with Crippen molar-refractivity contribution in [2.45, 2.75) is 6.42 Å². The first-order valence-corrected chi connectivity index (χ1v) is 9.20. The second kappa shape index (κ2) is 8.97. The van der Waals surface area contributed by atoms with Crippen molar-refractivity contribution in [3.8, 4) is 17.3 Å². The van der Waals surface area contributed by atoms with Crippen LogP contribution in [-0.4, -0.2) is 22.6 Å². The molecule has 3 aromatic rings. The molecule has 0 aliphatic heterocycles. The fraction of sp³-hybridized carbons (Fsp3) is 0.0952. The van der Waals surface area contributed by atoms with E-state index < -0.39 is 5.91 Å². The maximum Gasteiger partial charge on any atom is 0.261 e. The zero-order valence-corrected chi connectivity index (χ0v) is 16.0. The van der Waals surface area contributed by atoms with Gasteiger partial charge in [0.1, 0.15) is 11.6 Å². The molecule has 0 atom stereocenters. The number of amides is 1. The van der Waals surface area contributed by atoms with Crippen molar-refractivity contribution in [1.29, 1.82) is 5.26 Å². The molecule has 5 nitrogen and oxygen atoms in total. The Bertz CT molecular complexity index is 985. The van der Waals surface area contributed by atoms with E-state index in [0.717, 1.165) is 21.3 Å². The van der Waals surface area contributed by atoms with Gasteiger partial charge in [-0.15, -0.1) is 0 Å². The topological polar surface area (TPSA) is 81.6 Å². The molecule has 3 rings (SSSR count). The zero-order chi connectivity index (χ0) is 19.1. The van der Waals surface area contributed by atoms with Crippen LogP contribution < -0.4 is 5.32 Å². The fourth-order valence-corrected chi connectivity index (χ4v) is 2.88. The Morgan fingerprint density at radius 1 is 1.19 bits per heavy atom. The molecule has 1 heterocycles. The molecule has 134 valence electrons. The van der Waals surface area contributed by atoms with Gasteiger partial charge in [0.2, 0.25) is 0 Å². The monoisotopic (exact) mass is 420 g/mol. The highest BCUT2D eigenvalue weighted by Gasteiger charge is 2.12. The van der Waals surface area contributed by atoms with Gasteiger partial charge in [0.05, 0.1) is 11.9 Å². The van der Waals surface area contributed by atoms with Crippen LogP contribution in [0.5, 0.6) is 0 Å². The Hall–Kier alpha value is -3.17. The quantitative estimate of drug-likeness (QED) is 0.465. The van der Waals surface area contributed by atoms with Crippen molar-refractivity contribution in [2.75, 3.05) is 6.54 Å². The van der Waals surface area contributed by atoms with Crippen LogP contribution in [0, 0.1) is 11.3 Å². The smallest absolute Gasteiger partial charge is 0.261 e. The summed E-state index contributed by atoms with van der Waals surface area (Å²) in [6.07, 6.45) is 3.87. The number of hydrogen-bond acceptors (Lipinski definition) is 3. The van der Waals surface area contributed by atoms with Crippen molar-refractivity contribution in [3.05, 3.63) is 82.0 Å². The number of rotatable bonds is 6. The van der Waals surface area contributed by atoms with Crippen LogP contribution in [0.3, 0.4) is 0 Å². The molecule has 6 heteroatoms. The molecule has 0 radical (unpaired) electrons. The lowest BCUT2D eigenvalue weighted by Gasteiger charge is -2.05. The normalized spacial score (nSPS) is 11.0. The molecule has 0 saturated carbocycles. The molecule has 2 aromatic carbocycles. The van der Waals surface area contributed by atoms with Crippen LogP contribution in [0.15, 0.2) is 70.8 Å². The van der Waals surface area contributed by atoms with Gasteiger partial charge in [-0.2, -0.15) is 10.4 Å². The number of H-pyrrole nitrogens is 1. The predicted molar refractivity (Wildman–Crippen MR) is 108 cm³/mol. The minimum Gasteiger partial charge on any atom is -0.351 e. The van der Waals surface area contributed by atoms with E-state index in [1.807, 2.05) is 60.7 Å². The Labute approximate surface area is 165 Å². The van der Waals surface area contributed by atoms with Crippen molar-refractivity contribution in [2.24, 2.45) is 0 Å². The third-order valence-electron chi connectivity index (χ3n) is 4.01. The first-order chi connectivity index (χ1) is 13.2. The van der Waals surface area contributed by atoms with E-state index in [1.165, 1.54) is 0 Å². The first-order valence-electron chi connectivity index (χ1n) is 8.40. The van der Waals surface area contributed by atoms with Crippen molar-refractivity contribution in [1.82, 2.24) is 15.5 Å². The number of benzene rings is 2. The lowest BCUT2D eigenvalue weighted by molar-refractivity contribution is -0.117. The summed E-state index contributed by atoms with van der Waals surface area (Å²) >= 11 is 3.40. The summed E-state index contributed by atoms with van der Waals surface area (Å²) in [4.78, 5) is 12.3. The van der Waals surface area contributed by atoms with Crippen LogP contribution >= 0.6 is 15.9 Å². The highest BCUT2D eigenvalue weighted by Crippen LogP contribution is 2.24. The number of aromatic amines is 1. The Kier molecular flexibility index (Phi) is 6.18. The van der Waals surface area contributed by atoms with Gasteiger partial charge in [-0.05, 0) is 30.2 Å². The third kappa shape index (κ3) is 4.93. The van der Waals surface area contributed by atoms with Crippen molar-refractivity contribution < 1.29 is 4.79 Å². The first kappa shape index (κ1) is 18.6. The van der Waals surface area contributed by atoms with E-state index in [-0.39, 0.29) is 5.57 Å². The van der Waals surface area contributed by atoms with Gasteiger partial charge in [-0.25, -0.2) is 0 Å². The number of carbonyl (C=O) groups is 1. The molecule has 0 spiro atoms. The summed E-state index contributed by atoms with van der Waals surface area (Å²) < 4.78 is 0.971. The van der Waals surface area contributed by atoms with Crippen molar-refractivity contribution in [3.63, 3.8) is 0 Å². The van der Waals surface area contributed by atoms with E-state index in [2.05, 4.69) is 31.4 Å². The van der Waals surface area contributed by atoms with Crippen LogP contribution in [-0.2, 0) is 11.2 Å². The Balaban J connectivity index is 1.71. The van der Waals surface area contributed by atoms with E-state index >= 15 is 0 Å². The SMILES string of the molecule is N#CC(=Cc1cn[nH]c1-c1ccc(Br)cc1)C(=O)NCCc1ccccc1. The number of aromatic nitrogens is 2. The van der Waals surface area contributed by atoms with Gasteiger partial charge < -0.3 is 5.32 Å². The lowest BCUT2D eigenvalue weighted by Crippen LogP contribution is -2.26. The summed E-state index contributed by atoms with van der Waals surface area (Å²) in [7, 11) is 0. The van der Waals surface area contributed by atoms with Crippen molar-refractivity contribution >= 4 is 27.9 Å². The van der Waals surface area contributed by atoms with Crippen LogP contribution in [0.2, 0.25) is 0 Å². The van der Waals surface area contributed by atoms with Gasteiger partial charge in [0.15, 0.2) is 0 Å². The standard InChI is InChI=1S/C21H17BrN4O/c22-19-8-6-16(7-9-19)20-18(14-25-26-20)12-17(13-23)21(27)24-11-10-15-4-2-1-3-5-15/h1-9,12,14H,10-11H2,(H,24,27)(H,25,26). The summed E-state index contributed by atoms with van der Waals surface area (Å²) in [5.74, 6) is -0.392. The number of nitrogens with zero attached hydrogens (tertiary/aromatic N) is 2. The molecule has 1 amide bonds. The largest absolute Gasteiger partial charge is 0.351 e. The zero-order valence-electron chi connectivity index (χ0n) is 14.4. The highest BCUT2D eigenvalue weighted by atomic mass is 79.9. The number of halogens is 1. The summed E-state index contributed by atoms with van der Waals surface area (Å²) in [6.45, 7) is 0.465. The second-order valence-corrected chi connectivity index (χ2v) is 6.78. The maximum absolute atomic E-state index is 12.3. The van der Waals surface area contributed by atoms with Crippen LogP contribution in [0.1, 0.15) is 11.1 Å². The average Bonchev–Trinajstić information content (AvgIpc) is 3.15. The minimum absolute atomic E-state index is 0.0443. The molecule has 0 bridgehead atoms. The number of nitrogens with one attached hydrogen (secondary N) is 2. The van der Waals surface area contributed by atoms with Gasteiger partial charge in [-0.3, -0.25) is 9.89 Å². The van der Waals surface area contributed by atoms with Gasteiger partial charge in [0.25, 0.3) is 5.91 Å². The third-order valence-corrected chi connectivity index (χ3v) is 4.54. The maximum atomic E-state index is 12.3. The second-order valence-electron chi connectivity index (χ2n) is 5.87. The lowest BCUT2D eigenvalue weighted by atomic mass is 10.1. The summed E-state index contributed by atoms with van der Waals surface area (Å²) in [5.41, 5.74) is 3.54. The van der Waals surface area contributed by atoms with Gasteiger partial charge in [0, 0.05) is 22.1 Å². The predicted octanol–water partition coefficient (Wildman–Crippen LogP) is 4.11. The molecule has 0 aliphatic carbocycles. The molecule has 1 aromatic heterocycles. The molecule has 2 N–H and O–H groups in total. The summed E-state index contributed by atoms with van der Waals surface area (Å²) in [6, 6.07) is 19.6. The highest BCUT2D eigenvalue weighted by molar-refractivity contribution is 9.10. The van der Waals surface area contributed by atoms with Gasteiger partial charge in [-0.1, -0.05) is 58.4 Å². The van der Waals surface area contributed by atoms with E-state index in [1.54, 1.807) is 12.3 Å². The number of nitriles is 1. The van der Waals surface area contributed by atoms with Crippen LogP contribution in [0.4, 0.5) is 0 Å². The number of carbonyl (C=O) groups excluding carboxylic acids is 1. The van der Waals surface area contributed by atoms with E-state index in [0.29, 0.717) is 18.5 Å². The van der Waals surface area contributed by atoms with E-state index in [4.69, 9.17) is 0 Å². The number of hydrogen-bond donors (Lipinski definition) is 2. The Morgan fingerprint density at radius 2 is 1.93 bits per heavy atom. The van der Waals surface area contributed by atoms with E-state index in [9.17, 15) is 10.1 Å². The Morgan fingerprint density at radius 3 is 2.63 bits per heavy atom. The molecule has 27 heavy (non-hydrogen) atoms. The minimum atomic E-state index is -0.392. The molecule has 0 saturated heterocycles. The molecule has 0 aliphatic rings. The molecular weight excluding hydrogens is 404 g/mol. The molecule has 0 unspecified atom stereocenters.